The van der Waals surface area contributed by atoms with E-state index in [0.29, 0.717) is 11.3 Å². The lowest BCUT2D eigenvalue weighted by Crippen LogP contribution is -2.71. The van der Waals surface area contributed by atoms with Gasteiger partial charge in [0.05, 0.1) is 4.58 Å². The van der Waals surface area contributed by atoms with Gasteiger partial charge in [0.25, 0.3) is 5.91 Å². The molecule has 2 amide bonds. The maximum atomic E-state index is 12.3. The SMILES string of the molecule is C=CCSC1S[C@@H]2[C@H](NC(C)=O)C(=O)N2C(C(=O)O)=C1COC(C)=O. The zero-order valence-corrected chi connectivity index (χ0v) is 15.3. The summed E-state index contributed by atoms with van der Waals surface area (Å²) in [5.41, 5.74) is 0.170. The van der Waals surface area contributed by atoms with Gasteiger partial charge in [-0.25, -0.2) is 4.79 Å². The molecule has 136 valence electrons. The summed E-state index contributed by atoms with van der Waals surface area (Å²) >= 11 is 2.77. The van der Waals surface area contributed by atoms with Gasteiger partial charge >= 0.3 is 11.9 Å². The van der Waals surface area contributed by atoms with Crippen LogP contribution in [0.25, 0.3) is 0 Å². The number of esters is 1. The van der Waals surface area contributed by atoms with Crippen molar-refractivity contribution < 1.29 is 29.0 Å². The summed E-state index contributed by atoms with van der Waals surface area (Å²) in [6.45, 7) is 5.96. The minimum absolute atomic E-state index is 0.182. The van der Waals surface area contributed by atoms with Crippen LogP contribution in [-0.4, -0.2) is 62.1 Å². The molecule has 0 aromatic heterocycles. The number of aliphatic carboxylic acids is 1. The van der Waals surface area contributed by atoms with Crippen LogP contribution >= 0.6 is 23.5 Å². The van der Waals surface area contributed by atoms with Gasteiger partial charge in [-0.1, -0.05) is 6.08 Å². The van der Waals surface area contributed by atoms with Gasteiger partial charge in [0.15, 0.2) is 0 Å². The molecule has 0 radical (unpaired) electrons. The van der Waals surface area contributed by atoms with Crippen molar-refractivity contribution >= 4 is 47.3 Å². The Labute approximate surface area is 153 Å². The first-order valence-electron chi connectivity index (χ1n) is 7.35. The highest BCUT2D eigenvalue weighted by molar-refractivity contribution is 8.17. The fourth-order valence-electron chi connectivity index (χ4n) is 2.52. The molecule has 1 fully saturated rings. The summed E-state index contributed by atoms with van der Waals surface area (Å²) in [7, 11) is 0. The number of carboxylic acid groups (broad SMARTS) is 1. The van der Waals surface area contributed by atoms with Crippen molar-refractivity contribution in [3.05, 3.63) is 23.9 Å². The van der Waals surface area contributed by atoms with E-state index in [1.165, 1.54) is 37.4 Å². The minimum Gasteiger partial charge on any atom is -0.477 e. The van der Waals surface area contributed by atoms with Crippen LogP contribution in [-0.2, 0) is 23.9 Å². The van der Waals surface area contributed by atoms with E-state index in [0.717, 1.165) is 4.90 Å². The minimum atomic E-state index is -1.27. The maximum Gasteiger partial charge on any atom is 0.352 e. The maximum absolute atomic E-state index is 12.3. The first-order chi connectivity index (χ1) is 11.8. The molecule has 1 unspecified atom stereocenters. The Morgan fingerprint density at radius 2 is 2.12 bits per heavy atom. The summed E-state index contributed by atoms with van der Waals surface area (Å²) in [6.07, 6.45) is 1.68. The molecular weight excluding hydrogens is 368 g/mol. The van der Waals surface area contributed by atoms with E-state index < -0.39 is 29.3 Å². The third-order valence-corrected chi connectivity index (χ3v) is 6.54. The molecule has 8 nitrogen and oxygen atoms in total. The molecule has 3 atom stereocenters. The predicted octanol–water partition coefficient (Wildman–Crippen LogP) is 0.553. The van der Waals surface area contributed by atoms with Gasteiger partial charge in [-0.05, 0) is 0 Å². The first kappa shape index (κ1) is 19.4. The molecule has 0 bridgehead atoms. The molecule has 2 heterocycles. The van der Waals surface area contributed by atoms with Crippen LogP contribution in [0, 0.1) is 0 Å². The van der Waals surface area contributed by atoms with Crippen LogP contribution in [0.4, 0.5) is 0 Å². The monoisotopic (exact) mass is 386 g/mol. The van der Waals surface area contributed by atoms with Crippen molar-refractivity contribution in [2.24, 2.45) is 0 Å². The summed E-state index contributed by atoms with van der Waals surface area (Å²) in [5, 5.41) is 11.6. The van der Waals surface area contributed by atoms with Gasteiger partial charge in [-0.3, -0.25) is 19.3 Å². The Bertz CT molecular complexity index is 662. The Hall–Kier alpha value is -1.94. The number of amides is 2. The highest BCUT2D eigenvalue weighted by Gasteiger charge is 2.56. The first-order valence-corrected chi connectivity index (χ1v) is 9.35. The second kappa shape index (κ2) is 7.96. The Balaban J connectivity index is 2.38. The van der Waals surface area contributed by atoms with Crippen LogP contribution in [0.1, 0.15) is 13.8 Å². The third-order valence-electron chi connectivity index (χ3n) is 3.49. The van der Waals surface area contributed by atoms with Gasteiger partial charge in [0.1, 0.15) is 23.7 Å². The molecule has 2 aliphatic heterocycles. The van der Waals surface area contributed by atoms with Gasteiger partial charge < -0.3 is 15.2 Å². The number of fused-ring (bicyclic) bond motifs is 1. The van der Waals surface area contributed by atoms with E-state index in [2.05, 4.69) is 11.9 Å². The molecule has 0 aromatic carbocycles. The predicted molar refractivity (Wildman–Crippen MR) is 93.6 cm³/mol. The number of nitrogens with one attached hydrogen (secondary N) is 1. The van der Waals surface area contributed by atoms with Crippen molar-refractivity contribution in [2.75, 3.05) is 12.4 Å². The molecule has 1 saturated heterocycles. The molecule has 0 aromatic rings. The molecule has 2 aliphatic rings. The number of carbonyl (C=O) groups is 4. The third kappa shape index (κ3) is 4.01. The average molecular weight is 386 g/mol. The lowest BCUT2D eigenvalue weighted by molar-refractivity contribution is -0.150. The van der Waals surface area contributed by atoms with E-state index in [4.69, 9.17) is 4.74 Å². The summed E-state index contributed by atoms with van der Waals surface area (Å²) < 4.78 is 4.65. The molecule has 0 spiro atoms. The smallest absolute Gasteiger partial charge is 0.352 e. The second-order valence-corrected chi connectivity index (χ2v) is 7.99. The number of ether oxygens (including phenoxy) is 1. The molecule has 0 aliphatic carbocycles. The van der Waals surface area contributed by atoms with Gasteiger partial charge in [-0.15, -0.1) is 30.1 Å². The topological polar surface area (TPSA) is 113 Å². The highest BCUT2D eigenvalue weighted by atomic mass is 32.2. The molecule has 25 heavy (non-hydrogen) atoms. The van der Waals surface area contributed by atoms with Crippen molar-refractivity contribution in [3.8, 4) is 0 Å². The number of carbonyl (C=O) groups excluding carboxylic acids is 3. The quantitative estimate of drug-likeness (QED) is 0.371. The second-order valence-electron chi connectivity index (χ2n) is 5.33. The summed E-state index contributed by atoms with van der Waals surface area (Å²) in [4.78, 5) is 47.7. The Morgan fingerprint density at radius 1 is 1.44 bits per heavy atom. The Kier molecular flexibility index (Phi) is 6.17. The van der Waals surface area contributed by atoms with Crippen LogP contribution in [0.2, 0.25) is 0 Å². The largest absolute Gasteiger partial charge is 0.477 e. The van der Waals surface area contributed by atoms with Crippen LogP contribution in [0.15, 0.2) is 23.9 Å². The molecule has 10 heteroatoms. The van der Waals surface area contributed by atoms with E-state index in [-0.39, 0.29) is 22.8 Å². The van der Waals surface area contributed by atoms with Crippen molar-refractivity contribution in [2.45, 2.75) is 29.8 Å². The molecule has 0 saturated carbocycles. The van der Waals surface area contributed by atoms with Gasteiger partial charge in [0, 0.05) is 25.2 Å². The van der Waals surface area contributed by atoms with Crippen molar-refractivity contribution in [1.82, 2.24) is 10.2 Å². The standard InChI is InChI=1S/C15H18N2O6S2/c1-4-5-24-15-9(6-23-8(3)19)11(14(21)22)17-12(20)10(13(17)25-15)16-7(2)18/h4,10,13,15H,1,5-6H2,2-3H3,(H,16,18)(H,21,22)/t10-,13-,15?/m1/s1. The van der Waals surface area contributed by atoms with Crippen molar-refractivity contribution in [1.29, 1.82) is 0 Å². The average Bonchev–Trinajstić information content (AvgIpc) is 2.54. The highest BCUT2D eigenvalue weighted by Crippen LogP contribution is 2.48. The van der Waals surface area contributed by atoms with E-state index >= 15 is 0 Å². The number of β-lactam (4-membered cyclic amide) rings is 1. The van der Waals surface area contributed by atoms with Crippen LogP contribution in [0.5, 0.6) is 0 Å². The number of hydrogen-bond acceptors (Lipinski definition) is 7. The zero-order valence-electron chi connectivity index (χ0n) is 13.7. The normalized spacial score (nSPS) is 25.0. The molecule has 2 N–H and O–H groups in total. The fourth-order valence-corrected chi connectivity index (χ4v) is 5.37. The fraction of sp³-hybridized carbons (Fsp3) is 0.467. The lowest BCUT2D eigenvalue weighted by Gasteiger charge is -2.51. The van der Waals surface area contributed by atoms with Gasteiger partial charge in [0.2, 0.25) is 5.91 Å². The van der Waals surface area contributed by atoms with E-state index in [1.807, 2.05) is 0 Å². The zero-order chi connectivity index (χ0) is 18.7. The van der Waals surface area contributed by atoms with E-state index in [1.54, 1.807) is 6.08 Å². The number of nitrogens with zero attached hydrogens (tertiary/aromatic N) is 1. The summed E-state index contributed by atoms with van der Waals surface area (Å²) in [6, 6.07) is -0.765. The van der Waals surface area contributed by atoms with Crippen LogP contribution < -0.4 is 5.32 Å². The van der Waals surface area contributed by atoms with Gasteiger partial charge in [-0.2, -0.15) is 0 Å². The molecular formula is C15H18N2O6S2. The van der Waals surface area contributed by atoms with Crippen LogP contribution in [0.3, 0.4) is 0 Å². The number of thioether (sulfide) groups is 2. The number of carboxylic acids is 1. The Morgan fingerprint density at radius 3 is 2.64 bits per heavy atom. The molecule has 2 rings (SSSR count). The number of hydrogen-bond donors (Lipinski definition) is 2. The lowest BCUT2D eigenvalue weighted by atomic mass is 10.0. The van der Waals surface area contributed by atoms with Crippen molar-refractivity contribution in [3.63, 3.8) is 0 Å². The van der Waals surface area contributed by atoms with E-state index in [9.17, 15) is 24.3 Å². The number of rotatable bonds is 7. The summed E-state index contributed by atoms with van der Waals surface area (Å²) in [5.74, 6) is -2.10.